The second kappa shape index (κ2) is 5.72. The highest BCUT2D eigenvalue weighted by Crippen LogP contribution is 2.15. The molecular formula is C9H15ClN4O2S. The van der Waals surface area contributed by atoms with E-state index >= 15 is 0 Å². The number of halogens is 1. The standard InChI is InChI=1S/C9H14N4O2S.ClH/c1-8-9(12-3-2-11-8)16(14,15)13-6-4-10-5-7-13;/h2-3,10H,4-7H2,1H3;1H. The maximum absolute atomic E-state index is 12.2. The van der Waals surface area contributed by atoms with Crippen molar-refractivity contribution >= 4 is 22.4 Å². The first kappa shape index (κ1) is 14.3. The molecule has 1 aromatic heterocycles. The van der Waals surface area contributed by atoms with Crippen molar-refractivity contribution < 1.29 is 8.42 Å². The second-order valence-electron chi connectivity index (χ2n) is 3.60. The Bertz CT molecular complexity index is 474. The van der Waals surface area contributed by atoms with Crippen LogP contribution in [0, 0.1) is 6.92 Å². The Hall–Kier alpha value is -0.760. The summed E-state index contributed by atoms with van der Waals surface area (Å²) in [6.45, 7) is 3.98. The van der Waals surface area contributed by atoms with E-state index in [1.54, 1.807) is 6.92 Å². The number of sulfonamides is 1. The number of aryl methyl sites for hydroxylation is 1. The quantitative estimate of drug-likeness (QED) is 0.811. The van der Waals surface area contributed by atoms with Gasteiger partial charge in [-0.2, -0.15) is 4.31 Å². The molecule has 0 spiro atoms. The number of nitrogens with one attached hydrogen (secondary N) is 1. The van der Waals surface area contributed by atoms with Gasteiger partial charge in [0.15, 0.2) is 5.03 Å². The van der Waals surface area contributed by atoms with Crippen LogP contribution < -0.4 is 5.32 Å². The van der Waals surface area contributed by atoms with Gasteiger partial charge >= 0.3 is 0 Å². The van der Waals surface area contributed by atoms with Gasteiger partial charge in [-0.25, -0.2) is 13.4 Å². The molecule has 0 amide bonds. The fourth-order valence-electron chi connectivity index (χ4n) is 1.66. The van der Waals surface area contributed by atoms with Crippen molar-refractivity contribution in [1.29, 1.82) is 0 Å². The summed E-state index contributed by atoms with van der Waals surface area (Å²) in [5.41, 5.74) is 0.445. The van der Waals surface area contributed by atoms with Gasteiger partial charge < -0.3 is 5.32 Å². The number of aromatic nitrogens is 2. The molecule has 17 heavy (non-hydrogen) atoms. The zero-order valence-corrected chi connectivity index (χ0v) is 11.1. The number of hydrogen-bond donors (Lipinski definition) is 1. The number of rotatable bonds is 2. The third-order valence-electron chi connectivity index (χ3n) is 2.50. The molecule has 96 valence electrons. The van der Waals surface area contributed by atoms with Crippen LogP contribution in [0.25, 0.3) is 0 Å². The molecule has 1 fully saturated rings. The van der Waals surface area contributed by atoms with Crippen molar-refractivity contribution in [1.82, 2.24) is 19.6 Å². The highest BCUT2D eigenvalue weighted by molar-refractivity contribution is 7.89. The topological polar surface area (TPSA) is 75.2 Å². The van der Waals surface area contributed by atoms with E-state index in [1.807, 2.05) is 0 Å². The first-order valence-corrected chi connectivity index (χ1v) is 6.55. The predicted octanol–water partition coefficient (Wildman–Crippen LogP) is -0.199. The Morgan fingerprint density at radius 2 is 1.82 bits per heavy atom. The Kier molecular flexibility index (Phi) is 4.81. The lowest BCUT2D eigenvalue weighted by Crippen LogP contribution is -2.46. The van der Waals surface area contributed by atoms with Crippen LogP contribution in [-0.2, 0) is 10.0 Å². The second-order valence-corrected chi connectivity index (χ2v) is 5.45. The van der Waals surface area contributed by atoms with E-state index in [1.165, 1.54) is 16.7 Å². The smallest absolute Gasteiger partial charge is 0.262 e. The summed E-state index contributed by atoms with van der Waals surface area (Å²) in [6, 6.07) is 0. The molecule has 2 rings (SSSR count). The first-order valence-electron chi connectivity index (χ1n) is 5.11. The predicted molar refractivity (Wildman–Crippen MR) is 65.6 cm³/mol. The molecule has 0 aromatic carbocycles. The number of nitrogens with zero attached hydrogens (tertiary/aromatic N) is 3. The Morgan fingerprint density at radius 1 is 1.24 bits per heavy atom. The minimum Gasteiger partial charge on any atom is -0.314 e. The number of piperazine rings is 1. The van der Waals surface area contributed by atoms with Gasteiger partial charge in [0.05, 0.1) is 5.69 Å². The summed E-state index contributed by atoms with van der Waals surface area (Å²) >= 11 is 0. The summed E-state index contributed by atoms with van der Waals surface area (Å²) in [6.07, 6.45) is 2.90. The molecule has 6 nitrogen and oxygen atoms in total. The average molecular weight is 279 g/mol. The normalized spacial score (nSPS) is 17.5. The molecular weight excluding hydrogens is 264 g/mol. The van der Waals surface area contributed by atoms with Crippen LogP contribution in [0.1, 0.15) is 5.69 Å². The molecule has 8 heteroatoms. The zero-order chi connectivity index (χ0) is 11.6. The van der Waals surface area contributed by atoms with Crippen LogP contribution in [-0.4, -0.2) is 48.9 Å². The summed E-state index contributed by atoms with van der Waals surface area (Å²) < 4.78 is 25.9. The van der Waals surface area contributed by atoms with E-state index in [2.05, 4.69) is 15.3 Å². The summed E-state index contributed by atoms with van der Waals surface area (Å²) in [7, 11) is -3.47. The fraction of sp³-hybridized carbons (Fsp3) is 0.556. The largest absolute Gasteiger partial charge is 0.314 e. The molecule has 1 N–H and O–H groups in total. The lowest BCUT2D eigenvalue weighted by atomic mass is 10.4. The van der Waals surface area contributed by atoms with E-state index < -0.39 is 10.0 Å². The Morgan fingerprint density at radius 3 is 2.41 bits per heavy atom. The minimum atomic E-state index is -3.47. The van der Waals surface area contributed by atoms with E-state index in [9.17, 15) is 8.42 Å². The van der Waals surface area contributed by atoms with E-state index in [-0.39, 0.29) is 17.4 Å². The van der Waals surface area contributed by atoms with Gasteiger partial charge in [0.2, 0.25) is 0 Å². The van der Waals surface area contributed by atoms with Crippen molar-refractivity contribution in [2.45, 2.75) is 11.9 Å². The summed E-state index contributed by atoms with van der Waals surface area (Å²) in [5, 5.41) is 3.18. The van der Waals surface area contributed by atoms with Gasteiger partial charge in [0.1, 0.15) is 0 Å². The molecule has 0 bridgehead atoms. The Balaban J connectivity index is 0.00000144. The van der Waals surface area contributed by atoms with Gasteiger partial charge in [0.25, 0.3) is 10.0 Å². The molecule has 0 aliphatic carbocycles. The SMILES string of the molecule is Cc1nccnc1S(=O)(=O)N1CCNCC1.Cl. The molecule has 0 radical (unpaired) electrons. The van der Waals surface area contributed by atoms with Crippen LogP contribution in [0.15, 0.2) is 17.4 Å². The maximum atomic E-state index is 12.2. The van der Waals surface area contributed by atoms with Gasteiger partial charge in [-0.15, -0.1) is 12.4 Å². The first-order chi connectivity index (χ1) is 7.62. The molecule has 0 saturated carbocycles. The van der Waals surface area contributed by atoms with Gasteiger partial charge in [-0.05, 0) is 6.92 Å². The highest BCUT2D eigenvalue weighted by atomic mass is 35.5. The van der Waals surface area contributed by atoms with Crippen molar-refractivity contribution in [3.8, 4) is 0 Å². The third-order valence-corrected chi connectivity index (χ3v) is 4.43. The van der Waals surface area contributed by atoms with Crippen molar-refractivity contribution in [3.05, 3.63) is 18.1 Å². The molecule has 2 heterocycles. The molecule has 1 aliphatic heterocycles. The minimum absolute atomic E-state index is 0. The lowest BCUT2D eigenvalue weighted by Gasteiger charge is -2.26. The van der Waals surface area contributed by atoms with Crippen LogP contribution in [0.3, 0.4) is 0 Å². The van der Waals surface area contributed by atoms with E-state index in [4.69, 9.17) is 0 Å². The molecule has 1 aromatic rings. The van der Waals surface area contributed by atoms with Crippen LogP contribution in [0.4, 0.5) is 0 Å². The zero-order valence-electron chi connectivity index (χ0n) is 9.46. The summed E-state index contributed by atoms with van der Waals surface area (Å²) in [5.74, 6) is 0. The van der Waals surface area contributed by atoms with Crippen LogP contribution in [0.5, 0.6) is 0 Å². The monoisotopic (exact) mass is 278 g/mol. The van der Waals surface area contributed by atoms with Gasteiger partial charge in [-0.1, -0.05) is 0 Å². The molecule has 0 atom stereocenters. The number of hydrogen-bond acceptors (Lipinski definition) is 5. The molecule has 0 unspecified atom stereocenters. The third kappa shape index (κ3) is 2.92. The van der Waals surface area contributed by atoms with Crippen molar-refractivity contribution in [3.63, 3.8) is 0 Å². The van der Waals surface area contributed by atoms with Gasteiger partial charge in [-0.3, -0.25) is 4.98 Å². The van der Waals surface area contributed by atoms with E-state index in [0.717, 1.165) is 0 Å². The molecule has 1 saturated heterocycles. The van der Waals surface area contributed by atoms with Crippen molar-refractivity contribution in [2.75, 3.05) is 26.2 Å². The van der Waals surface area contributed by atoms with Gasteiger partial charge in [0, 0.05) is 38.6 Å². The highest BCUT2D eigenvalue weighted by Gasteiger charge is 2.28. The molecule has 1 aliphatic rings. The lowest BCUT2D eigenvalue weighted by molar-refractivity contribution is 0.358. The Labute approximate surface area is 107 Å². The van der Waals surface area contributed by atoms with Crippen LogP contribution >= 0.6 is 12.4 Å². The average Bonchev–Trinajstić information content (AvgIpc) is 2.30. The maximum Gasteiger partial charge on any atom is 0.262 e. The van der Waals surface area contributed by atoms with Crippen molar-refractivity contribution in [2.24, 2.45) is 0 Å². The summed E-state index contributed by atoms with van der Waals surface area (Å²) in [4.78, 5) is 7.87. The fourth-order valence-corrected chi connectivity index (χ4v) is 3.18. The van der Waals surface area contributed by atoms with E-state index in [0.29, 0.717) is 31.9 Å². The van der Waals surface area contributed by atoms with Crippen LogP contribution in [0.2, 0.25) is 0 Å².